The van der Waals surface area contributed by atoms with Crippen LogP contribution in [0.4, 0.5) is 5.69 Å². The largest absolute Gasteiger partial charge is 0.280 e. The second-order valence-corrected chi connectivity index (χ2v) is 9.42. The highest BCUT2D eigenvalue weighted by Crippen LogP contribution is 2.45. The van der Waals surface area contributed by atoms with E-state index in [0.717, 1.165) is 16.7 Å². The topological polar surface area (TPSA) is 92.6 Å². The zero-order valence-electron chi connectivity index (χ0n) is 19.5. The number of hydrogen-bond acceptors (Lipinski definition) is 5. The van der Waals surface area contributed by atoms with Crippen LogP contribution >= 0.6 is 11.8 Å². The average Bonchev–Trinajstić information content (AvgIpc) is 3.24. The molecule has 8 heteroatoms. The third kappa shape index (κ3) is 5.29. The highest BCUT2D eigenvalue weighted by Gasteiger charge is 2.39. The number of nitro benzene ring substituents is 1. The molecule has 1 heterocycles. The molecular formula is C29H21N3O4S. The van der Waals surface area contributed by atoms with Crippen molar-refractivity contribution in [2.75, 3.05) is 0 Å². The van der Waals surface area contributed by atoms with Crippen molar-refractivity contribution in [2.24, 2.45) is 0 Å². The van der Waals surface area contributed by atoms with Gasteiger partial charge in [-0.1, -0.05) is 96.7 Å². The van der Waals surface area contributed by atoms with E-state index in [-0.39, 0.29) is 11.6 Å². The molecule has 7 nitrogen and oxygen atoms in total. The zero-order chi connectivity index (χ0) is 25.8. The normalized spacial score (nSPS) is 16.1. The highest BCUT2D eigenvalue weighted by atomic mass is 32.2. The number of nitrogens with one attached hydrogen (secondary N) is 1. The van der Waals surface area contributed by atoms with Crippen LogP contribution in [0.2, 0.25) is 0 Å². The van der Waals surface area contributed by atoms with E-state index in [1.54, 1.807) is 30.3 Å². The molecule has 0 aliphatic carbocycles. The molecule has 0 saturated carbocycles. The van der Waals surface area contributed by atoms with E-state index in [2.05, 4.69) is 5.43 Å². The van der Waals surface area contributed by atoms with E-state index in [0.29, 0.717) is 16.0 Å². The number of non-ortho nitro benzene ring substituents is 1. The lowest BCUT2D eigenvalue weighted by molar-refractivity contribution is -0.384. The zero-order valence-corrected chi connectivity index (χ0v) is 20.3. The molecule has 5 rings (SSSR count). The van der Waals surface area contributed by atoms with Gasteiger partial charge in [0.2, 0.25) is 0 Å². The number of carbonyl (C=O) groups excluding carboxylic acids is 2. The Balaban J connectivity index is 1.44. The van der Waals surface area contributed by atoms with Crippen molar-refractivity contribution in [1.82, 2.24) is 10.4 Å². The standard InChI is InChI=1S/C29H21N3O4S/c33-27(23-16-14-22(15-17-23)21-10-5-2-6-11-21)30-31-28(34)26(18-20-8-3-1-4-9-20)37-29(31)24-12-7-13-25(19-24)32(35)36/h1-19,29H,(H,30,33)/b26-18-. The van der Waals surface area contributed by atoms with Gasteiger partial charge < -0.3 is 0 Å². The van der Waals surface area contributed by atoms with Crippen molar-refractivity contribution < 1.29 is 14.5 Å². The summed E-state index contributed by atoms with van der Waals surface area (Å²) < 4.78 is 0. The van der Waals surface area contributed by atoms with Crippen molar-refractivity contribution in [3.8, 4) is 11.1 Å². The van der Waals surface area contributed by atoms with Gasteiger partial charge >= 0.3 is 0 Å². The van der Waals surface area contributed by atoms with Gasteiger partial charge in [-0.2, -0.15) is 0 Å². The molecule has 4 aromatic rings. The molecule has 1 fully saturated rings. The van der Waals surface area contributed by atoms with Gasteiger partial charge in [0.15, 0.2) is 0 Å². The summed E-state index contributed by atoms with van der Waals surface area (Å²) in [7, 11) is 0. The van der Waals surface area contributed by atoms with Crippen molar-refractivity contribution >= 4 is 35.3 Å². The van der Waals surface area contributed by atoms with Crippen LogP contribution < -0.4 is 5.43 Å². The molecular weight excluding hydrogens is 486 g/mol. The molecule has 4 aromatic carbocycles. The number of nitrogens with zero attached hydrogens (tertiary/aromatic N) is 2. The fourth-order valence-electron chi connectivity index (χ4n) is 3.98. The van der Waals surface area contributed by atoms with E-state index in [9.17, 15) is 19.7 Å². The van der Waals surface area contributed by atoms with Gasteiger partial charge in [-0.05, 0) is 40.5 Å². The Bertz CT molecular complexity index is 1490. The Morgan fingerprint density at radius 1 is 0.865 bits per heavy atom. The van der Waals surface area contributed by atoms with Gasteiger partial charge in [-0.15, -0.1) is 0 Å². The van der Waals surface area contributed by atoms with Crippen molar-refractivity contribution in [1.29, 1.82) is 0 Å². The second kappa shape index (κ2) is 10.5. The molecule has 1 unspecified atom stereocenters. The molecule has 1 N–H and O–H groups in total. The van der Waals surface area contributed by atoms with Gasteiger partial charge in [0.05, 0.1) is 9.83 Å². The van der Waals surface area contributed by atoms with Gasteiger partial charge in [-0.3, -0.25) is 25.1 Å². The summed E-state index contributed by atoms with van der Waals surface area (Å²) >= 11 is 1.23. The lowest BCUT2D eigenvalue weighted by Gasteiger charge is -2.24. The SMILES string of the molecule is O=C(NN1C(=O)/C(=C/c2ccccc2)SC1c1cccc([N+](=O)[O-])c1)c1ccc(-c2ccccc2)cc1. The molecule has 0 aromatic heterocycles. The molecule has 1 aliphatic rings. The van der Waals surface area contributed by atoms with Crippen LogP contribution in [0.1, 0.15) is 26.9 Å². The van der Waals surface area contributed by atoms with Crippen LogP contribution in [-0.2, 0) is 4.79 Å². The number of benzene rings is 4. The summed E-state index contributed by atoms with van der Waals surface area (Å²) in [6.45, 7) is 0. The summed E-state index contributed by atoms with van der Waals surface area (Å²) in [6, 6.07) is 32.4. The molecule has 37 heavy (non-hydrogen) atoms. The molecule has 1 saturated heterocycles. The van der Waals surface area contributed by atoms with Crippen molar-refractivity contribution in [3.63, 3.8) is 0 Å². The quantitative estimate of drug-likeness (QED) is 0.190. The fraction of sp³-hybridized carbons (Fsp3) is 0.0345. The van der Waals surface area contributed by atoms with Crippen LogP contribution in [0.15, 0.2) is 114 Å². The fourth-order valence-corrected chi connectivity index (χ4v) is 5.16. The maximum atomic E-state index is 13.4. The first-order valence-corrected chi connectivity index (χ1v) is 12.4. The van der Waals surface area contributed by atoms with Crippen LogP contribution in [-0.4, -0.2) is 21.7 Å². The number of hydrazine groups is 1. The number of carbonyl (C=O) groups is 2. The molecule has 2 amide bonds. The number of rotatable bonds is 6. The van der Waals surface area contributed by atoms with E-state index >= 15 is 0 Å². The maximum absolute atomic E-state index is 13.4. The smallest absolute Gasteiger partial charge is 0.267 e. The summed E-state index contributed by atoms with van der Waals surface area (Å²) in [4.78, 5) is 37.9. The summed E-state index contributed by atoms with van der Waals surface area (Å²) in [6.07, 6.45) is 1.75. The summed E-state index contributed by atoms with van der Waals surface area (Å²) in [5, 5.41) is 11.9. The van der Waals surface area contributed by atoms with Gasteiger partial charge in [0.1, 0.15) is 5.37 Å². The number of nitro groups is 1. The van der Waals surface area contributed by atoms with E-state index in [4.69, 9.17) is 0 Å². The minimum atomic E-state index is -0.671. The first-order chi connectivity index (χ1) is 18.0. The Kier molecular flexibility index (Phi) is 6.83. The van der Waals surface area contributed by atoms with Crippen molar-refractivity contribution in [3.05, 3.63) is 141 Å². The molecule has 1 aliphatic heterocycles. The third-order valence-corrected chi connectivity index (χ3v) is 7.10. The van der Waals surface area contributed by atoms with Crippen LogP contribution in [0.3, 0.4) is 0 Å². The predicted molar refractivity (Wildman–Crippen MR) is 144 cm³/mol. The van der Waals surface area contributed by atoms with E-state index in [1.807, 2.05) is 72.8 Å². The first kappa shape index (κ1) is 24.0. The molecule has 0 spiro atoms. The van der Waals surface area contributed by atoms with Crippen LogP contribution in [0.25, 0.3) is 17.2 Å². The Labute approximate surface area is 217 Å². The summed E-state index contributed by atoms with van der Waals surface area (Å²) in [5.41, 5.74) is 6.39. The van der Waals surface area contributed by atoms with Crippen LogP contribution in [0.5, 0.6) is 0 Å². The second-order valence-electron chi connectivity index (χ2n) is 8.30. The van der Waals surface area contributed by atoms with Crippen molar-refractivity contribution in [2.45, 2.75) is 5.37 Å². The minimum Gasteiger partial charge on any atom is -0.267 e. The highest BCUT2D eigenvalue weighted by molar-refractivity contribution is 8.04. The lowest BCUT2D eigenvalue weighted by Crippen LogP contribution is -2.44. The molecule has 0 radical (unpaired) electrons. The van der Waals surface area contributed by atoms with Crippen LogP contribution in [0, 0.1) is 10.1 Å². The Morgan fingerprint density at radius 3 is 2.19 bits per heavy atom. The summed E-state index contributed by atoms with van der Waals surface area (Å²) in [5.74, 6) is -0.843. The van der Waals surface area contributed by atoms with E-state index in [1.165, 1.54) is 28.9 Å². The molecule has 182 valence electrons. The average molecular weight is 508 g/mol. The Morgan fingerprint density at radius 2 is 1.51 bits per heavy atom. The lowest BCUT2D eigenvalue weighted by atomic mass is 10.0. The van der Waals surface area contributed by atoms with Gasteiger partial charge in [0.25, 0.3) is 17.5 Å². The molecule has 1 atom stereocenters. The third-order valence-electron chi connectivity index (χ3n) is 5.84. The number of hydrogen-bond donors (Lipinski definition) is 1. The predicted octanol–water partition coefficient (Wildman–Crippen LogP) is 6.22. The minimum absolute atomic E-state index is 0.0891. The monoisotopic (exact) mass is 507 g/mol. The van der Waals surface area contributed by atoms with Gasteiger partial charge in [0, 0.05) is 17.7 Å². The first-order valence-electron chi connectivity index (χ1n) is 11.5. The number of amides is 2. The molecule has 0 bridgehead atoms. The Hall–Kier alpha value is -4.69. The van der Waals surface area contributed by atoms with Gasteiger partial charge in [-0.25, -0.2) is 5.01 Å². The number of thioether (sulfide) groups is 1. The van der Waals surface area contributed by atoms with E-state index < -0.39 is 16.2 Å². The maximum Gasteiger partial charge on any atom is 0.280 e.